The van der Waals surface area contributed by atoms with Crippen molar-refractivity contribution >= 4 is 11.6 Å². The Labute approximate surface area is 128 Å². The highest BCUT2D eigenvalue weighted by molar-refractivity contribution is 6.31. The summed E-state index contributed by atoms with van der Waals surface area (Å²) in [5, 5.41) is 3.67. The van der Waals surface area contributed by atoms with Crippen LogP contribution < -0.4 is 5.32 Å². The summed E-state index contributed by atoms with van der Waals surface area (Å²) in [5.41, 5.74) is 2.25. The van der Waals surface area contributed by atoms with Crippen LogP contribution in [0.1, 0.15) is 29.7 Å². The molecule has 0 heterocycles. The maximum atomic E-state index is 14.0. The van der Waals surface area contributed by atoms with E-state index in [4.69, 9.17) is 11.6 Å². The molecule has 0 aliphatic carbocycles. The predicted molar refractivity (Wildman–Crippen MR) is 82.7 cm³/mol. The number of hydrogen-bond donors (Lipinski definition) is 1. The molecule has 0 aliphatic heterocycles. The molecular formula is C17H18ClF2N. The van der Waals surface area contributed by atoms with Gasteiger partial charge in [0.05, 0.1) is 0 Å². The van der Waals surface area contributed by atoms with Gasteiger partial charge in [0, 0.05) is 16.6 Å². The molecule has 21 heavy (non-hydrogen) atoms. The fraction of sp³-hybridized carbons (Fsp3) is 0.294. The van der Waals surface area contributed by atoms with Crippen LogP contribution in [-0.2, 0) is 6.42 Å². The highest BCUT2D eigenvalue weighted by atomic mass is 35.5. The molecule has 0 spiro atoms. The van der Waals surface area contributed by atoms with E-state index >= 15 is 0 Å². The van der Waals surface area contributed by atoms with Gasteiger partial charge in [0.1, 0.15) is 11.6 Å². The van der Waals surface area contributed by atoms with Crippen molar-refractivity contribution in [2.45, 2.75) is 26.3 Å². The van der Waals surface area contributed by atoms with Crippen LogP contribution in [0.15, 0.2) is 36.4 Å². The molecule has 0 saturated heterocycles. The third kappa shape index (κ3) is 3.80. The highest BCUT2D eigenvalue weighted by Crippen LogP contribution is 2.27. The predicted octanol–water partition coefficient (Wildman–Crippen LogP) is 4.82. The van der Waals surface area contributed by atoms with Crippen molar-refractivity contribution in [1.82, 2.24) is 5.32 Å². The molecule has 0 radical (unpaired) electrons. The van der Waals surface area contributed by atoms with Crippen LogP contribution in [0.5, 0.6) is 0 Å². The second kappa shape index (κ2) is 7.01. The van der Waals surface area contributed by atoms with Gasteiger partial charge in [-0.3, -0.25) is 0 Å². The summed E-state index contributed by atoms with van der Waals surface area (Å²) in [6.07, 6.45) is 0.379. The Balaban J connectivity index is 2.38. The molecule has 0 aliphatic rings. The normalized spacial score (nSPS) is 12.4. The average Bonchev–Trinajstić information content (AvgIpc) is 2.44. The summed E-state index contributed by atoms with van der Waals surface area (Å²) in [6, 6.07) is 9.12. The molecule has 0 fully saturated rings. The Kier molecular flexibility index (Phi) is 5.32. The van der Waals surface area contributed by atoms with Crippen molar-refractivity contribution in [1.29, 1.82) is 0 Å². The molecule has 0 bridgehead atoms. The molecule has 0 saturated carbocycles. The maximum absolute atomic E-state index is 14.0. The van der Waals surface area contributed by atoms with E-state index in [1.165, 1.54) is 18.2 Å². The first kappa shape index (κ1) is 15.9. The minimum absolute atomic E-state index is 0.180. The number of aryl methyl sites for hydroxylation is 1. The second-order valence-electron chi connectivity index (χ2n) is 5.02. The first-order valence-electron chi connectivity index (χ1n) is 6.95. The summed E-state index contributed by atoms with van der Waals surface area (Å²) < 4.78 is 27.5. The molecule has 4 heteroatoms. The van der Waals surface area contributed by atoms with Crippen molar-refractivity contribution in [2.24, 2.45) is 0 Å². The summed E-state index contributed by atoms with van der Waals surface area (Å²) in [4.78, 5) is 0. The van der Waals surface area contributed by atoms with Crippen LogP contribution in [-0.4, -0.2) is 6.54 Å². The van der Waals surface area contributed by atoms with E-state index < -0.39 is 0 Å². The van der Waals surface area contributed by atoms with E-state index in [0.29, 0.717) is 23.6 Å². The lowest BCUT2D eigenvalue weighted by molar-refractivity contribution is 0.521. The first-order chi connectivity index (χ1) is 10.0. The SMILES string of the molecule is CCNC(Cc1c(F)cccc1Cl)c1cc(F)ccc1C. The van der Waals surface area contributed by atoms with Crippen LogP contribution in [0.3, 0.4) is 0 Å². The molecule has 1 nitrogen and oxygen atoms in total. The van der Waals surface area contributed by atoms with Gasteiger partial charge in [-0.15, -0.1) is 0 Å². The molecule has 1 unspecified atom stereocenters. The first-order valence-corrected chi connectivity index (χ1v) is 7.33. The van der Waals surface area contributed by atoms with Gasteiger partial charge in [-0.25, -0.2) is 8.78 Å². The van der Waals surface area contributed by atoms with E-state index in [1.54, 1.807) is 18.2 Å². The molecule has 2 aromatic rings. The zero-order valence-electron chi connectivity index (χ0n) is 12.1. The summed E-state index contributed by atoms with van der Waals surface area (Å²) in [7, 11) is 0. The zero-order valence-corrected chi connectivity index (χ0v) is 12.8. The van der Waals surface area contributed by atoms with Crippen molar-refractivity contribution in [3.8, 4) is 0 Å². The zero-order chi connectivity index (χ0) is 15.4. The van der Waals surface area contributed by atoms with E-state index in [-0.39, 0.29) is 17.7 Å². The van der Waals surface area contributed by atoms with Gasteiger partial charge >= 0.3 is 0 Å². The third-order valence-corrected chi connectivity index (χ3v) is 3.89. The van der Waals surface area contributed by atoms with Crippen LogP contribution >= 0.6 is 11.6 Å². The monoisotopic (exact) mass is 309 g/mol. The summed E-state index contributed by atoms with van der Waals surface area (Å²) in [6.45, 7) is 4.58. The quantitative estimate of drug-likeness (QED) is 0.835. The molecule has 1 atom stereocenters. The lowest BCUT2D eigenvalue weighted by Crippen LogP contribution is -2.24. The number of hydrogen-bond acceptors (Lipinski definition) is 1. The van der Waals surface area contributed by atoms with E-state index in [0.717, 1.165) is 11.1 Å². The average molecular weight is 310 g/mol. The van der Waals surface area contributed by atoms with Crippen LogP contribution in [0.2, 0.25) is 5.02 Å². The number of halogens is 3. The molecule has 0 amide bonds. The fourth-order valence-electron chi connectivity index (χ4n) is 2.46. The van der Waals surface area contributed by atoms with Gasteiger partial charge < -0.3 is 5.32 Å². The smallest absolute Gasteiger partial charge is 0.127 e. The minimum Gasteiger partial charge on any atom is -0.310 e. The van der Waals surface area contributed by atoms with E-state index in [2.05, 4.69) is 5.32 Å². The van der Waals surface area contributed by atoms with Gasteiger partial charge in [0.2, 0.25) is 0 Å². The van der Waals surface area contributed by atoms with Crippen molar-refractivity contribution in [3.05, 3.63) is 69.7 Å². The maximum Gasteiger partial charge on any atom is 0.127 e. The Morgan fingerprint density at radius 3 is 2.62 bits per heavy atom. The van der Waals surface area contributed by atoms with Crippen molar-refractivity contribution in [3.63, 3.8) is 0 Å². The van der Waals surface area contributed by atoms with Gasteiger partial charge in [-0.2, -0.15) is 0 Å². The van der Waals surface area contributed by atoms with E-state index in [1.807, 2.05) is 13.8 Å². The minimum atomic E-state index is -0.334. The Bertz CT molecular complexity index is 608. The number of likely N-dealkylation sites (N-methyl/N-ethyl adjacent to an activating group) is 1. The fourth-order valence-corrected chi connectivity index (χ4v) is 2.70. The number of benzene rings is 2. The van der Waals surface area contributed by atoms with Crippen molar-refractivity contribution < 1.29 is 8.78 Å². The molecule has 0 aromatic heterocycles. The Morgan fingerprint density at radius 2 is 1.95 bits per heavy atom. The summed E-state index contributed by atoms with van der Waals surface area (Å²) >= 11 is 6.09. The lowest BCUT2D eigenvalue weighted by Gasteiger charge is -2.21. The standard InChI is InChI=1S/C17H18ClF2N/c1-3-21-17(13-9-12(19)8-7-11(13)2)10-14-15(18)5-4-6-16(14)20/h4-9,17,21H,3,10H2,1-2H3. The third-order valence-electron chi connectivity index (χ3n) is 3.54. The Morgan fingerprint density at radius 1 is 1.19 bits per heavy atom. The molecular weight excluding hydrogens is 292 g/mol. The molecule has 2 aromatic carbocycles. The topological polar surface area (TPSA) is 12.0 Å². The molecule has 112 valence electrons. The van der Waals surface area contributed by atoms with Gasteiger partial charge in [-0.1, -0.05) is 30.7 Å². The Hall–Kier alpha value is -1.45. The molecule has 2 rings (SSSR count). The number of rotatable bonds is 5. The lowest BCUT2D eigenvalue weighted by atomic mass is 9.95. The van der Waals surface area contributed by atoms with E-state index in [9.17, 15) is 8.78 Å². The summed E-state index contributed by atoms with van der Waals surface area (Å²) in [5.74, 6) is -0.627. The van der Waals surface area contributed by atoms with Crippen LogP contribution in [0, 0.1) is 18.6 Å². The van der Waals surface area contributed by atoms with Gasteiger partial charge in [-0.05, 0) is 55.3 Å². The highest BCUT2D eigenvalue weighted by Gasteiger charge is 2.18. The van der Waals surface area contributed by atoms with Crippen molar-refractivity contribution in [2.75, 3.05) is 6.54 Å². The van der Waals surface area contributed by atoms with Gasteiger partial charge in [0.15, 0.2) is 0 Å². The van der Waals surface area contributed by atoms with Crippen LogP contribution in [0.25, 0.3) is 0 Å². The second-order valence-corrected chi connectivity index (χ2v) is 5.42. The van der Waals surface area contributed by atoms with Gasteiger partial charge in [0.25, 0.3) is 0 Å². The largest absolute Gasteiger partial charge is 0.310 e. The molecule has 1 N–H and O–H groups in total. The number of nitrogens with one attached hydrogen (secondary N) is 1. The van der Waals surface area contributed by atoms with Crippen LogP contribution in [0.4, 0.5) is 8.78 Å².